The summed E-state index contributed by atoms with van der Waals surface area (Å²) in [6.45, 7) is 2.14. The fourth-order valence-corrected chi connectivity index (χ4v) is 2.70. The largest absolute Gasteiger partial charge is 0.465 e. The Hall–Kier alpha value is -3.27. The van der Waals surface area contributed by atoms with E-state index in [1.54, 1.807) is 29.8 Å². The smallest absolute Gasteiger partial charge is 0.338 e. The first-order valence-electron chi connectivity index (χ1n) is 7.64. The van der Waals surface area contributed by atoms with Crippen molar-refractivity contribution < 1.29 is 13.9 Å². The highest BCUT2D eigenvalue weighted by molar-refractivity contribution is 6.04. The van der Waals surface area contributed by atoms with Crippen LogP contribution in [0.25, 0.3) is 22.3 Å². The molecule has 126 valence electrons. The maximum absolute atomic E-state index is 13.2. The number of pyridine rings is 1. The molecule has 6 nitrogen and oxygen atoms in total. The summed E-state index contributed by atoms with van der Waals surface area (Å²) in [4.78, 5) is 16.8. The van der Waals surface area contributed by atoms with Gasteiger partial charge in [-0.15, -0.1) is 0 Å². The predicted octanol–water partition coefficient (Wildman–Crippen LogP) is 3.25. The van der Waals surface area contributed by atoms with Crippen molar-refractivity contribution in [1.29, 1.82) is 5.26 Å². The van der Waals surface area contributed by atoms with E-state index in [1.807, 2.05) is 0 Å². The fourth-order valence-electron chi connectivity index (χ4n) is 2.70. The summed E-state index contributed by atoms with van der Waals surface area (Å²) in [5.41, 5.74) is 2.64. The SMILES string of the molecule is COC(=O)c1cc(-c2ccc(F)cc2)nc2c1c(C)nn2CCC#N. The van der Waals surface area contributed by atoms with E-state index in [0.29, 0.717) is 40.1 Å². The van der Waals surface area contributed by atoms with Crippen LogP contribution in [0.2, 0.25) is 0 Å². The molecule has 0 radical (unpaired) electrons. The summed E-state index contributed by atoms with van der Waals surface area (Å²) < 4.78 is 19.7. The average molecular weight is 338 g/mol. The van der Waals surface area contributed by atoms with Crippen molar-refractivity contribution >= 4 is 17.0 Å². The molecule has 0 fully saturated rings. The van der Waals surface area contributed by atoms with Crippen LogP contribution in [0.1, 0.15) is 22.5 Å². The lowest BCUT2D eigenvalue weighted by Gasteiger charge is -2.08. The van der Waals surface area contributed by atoms with E-state index in [0.717, 1.165) is 0 Å². The summed E-state index contributed by atoms with van der Waals surface area (Å²) in [6.07, 6.45) is 0.270. The maximum atomic E-state index is 13.2. The third-order valence-electron chi connectivity index (χ3n) is 3.86. The van der Waals surface area contributed by atoms with Crippen LogP contribution >= 0.6 is 0 Å². The van der Waals surface area contributed by atoms with Crippen molar-refractivity contribution in [2.45, 2.75) is 19.9 Å². The number of halogens is 1. The normalized spacial score (nSPS) is 10.6. The van der Waals surface area contributed by atoms with Crippen LogP contribution in [0, 0.1) is 24.1 Å². The van der Waals surface area contributed by atoms with E-state index in [1.165, 1.54) is 19.2 Å². The zero-order chi connectivity index (χ0) is 18.0. The number of benzene rings is 1. The number of fused-ring (bicyclic) bond motifs is 1. The summed E-state index contributed by atoms with van der Waals surface area (Å²) in [5.74, 6) is -0.855. The molecule has 2 aromatic heterocycles. The molecule has 0 N–H and O–H groups in total. The Bertz CT molecular complexity index is 987. The van der Waals surface area contributed by atoms with Gasteiger partial charge in [0, 0.05) is 5.56 Å². The van der Waals surface area contributed by atoms with Crippen LogP contribution in [-0.2, 0) is 11.3 Å². The molecule has 2 heterocycles. The van der Waals surface area contributed by atoms with Crippen LogP contribution in [0.5, 0.6) is 0 Å². The number of nitriles is 1. The molecule has 0 aliphatic rings. The minimum Gasteiger partial charge on any atom is -0.465 e. The van der Waals surface area contributed by atoms with Crippen LogP contribution in [0.15, 0.2) is 30.3 Å². The van der Waals surface area contributed by atoms with E-state index >= 15 is 0 Å². The molecule has 0 amide bonds. The van der Waals surface area contributed by atoms with Crippen molar-refractivity contribution in [3.63, 3.8) is 0 Å². The molecule has 0 unspecified atom stereocenters. The number of carbonyl (C=O) groups excluding carboxylic acids is 1. The van der Waals surface area contributed by atoms with Gasteiger partial charge in [-0.25, -0.2) is 18.9 Å². The minimum atomic E-state index is -0.501. The molecule has 0 saturated carbocycles. The van der Waals surface area contributed by atoms with Crippen molar-refractivity contribution in [3.05, 3.63) is 47.4 Å². The van der Waals surface area contributed by atoms with Gasteiger partial charge in [0.1, 0.15) is 5.82 Å². The molecule has 25 heavy (non-hydrogen) atoms. The van der Waals surface area contributed by atoms with Gasteiger partial charge in [-0.3, -0.25) is 0 Å². The van der Waals surface area contributed by atoms with Crippen LogP contribution in [0.4, 0.5) is 4.39 Å². The zero-order valence-corrected chi connectivity index (χ0v) is 13.8. The molecule has 0 aliphatic carbocycles. The monoisotopic (exact) mass is 338 g/mol. The van der Waals surface area contributed by atoms with Gasteiger partial charge in [0.2, 0.25) is 0 Å². The number of hydrogen-bond donors (Lipinski definition) is 0. The van der Waals surface area contributed by atoms with E-state index in [2.05, 4.69) is 16.2 Å². The molecular weight excluding hydrogens is 323 g/mol. The lowest BCUT2D eigenvalue weighted by molar-refractivity contribution is 0.0603. The standard InChI is InChI=1S/C18H15FN4O2/c1-11-16-14(18(24)25-2)10-15(12-4-6-13(19)7-5-12)21-17(16)23(22-11)9-3-8-20/h4-7,10H,3,9H2,1-2H3. The molecule has 0 bridgehead atoms. The molecule has 0 saturated heterocycles. The van der Waals surface area contributed by atoms with Crippen molar-refractivity contribution in [2.24, 2.45) is 0 Å². The lowest BCUT2D eigenvalue weighted by atomic mass is 10.1. The topological polar surface area (TPSA) is 80.8 Å². The minimum absolute atomic E-state index is 0.270. The Morgan fingerprint density at radius 3 is 2.72 bits per heavy atom. The Morgan fingerprint density at radius 2 is 2.08 bits per heavy atom. The van der Waals surface area contributed by atoms with Crippen LogP contribution < -0.4 is 0 Å². The molecular formula is C18H15FN4O2. The molecule has 3 aromatic rings. The first kappa shape index (κ1) is 16.6. The van der Waals surface area contributed by atoms with Gasteiger partial charge in [0.05, 0.1) is 48.5 Å². The molecule has 0 atom stereocenters. The molecule has 0 aliphatic heterocycles. The summed E-state index contributed by atoms with van der Waals surface area (Å²) in [5, 5.41) is 13.8. The zero-order valence-electron chi connectivity index (χ0n) is 13.8. The number of hydrogen-bond acceptors (Lipinski definition) is 5. The summed E-state index contributed by atoms with van der Waals surface area (Å²) in [6, 6.07) is 9.53. The van der Waals surface area contributed by atoms with Crippen molar-refractivity contribution in [3.8, 4) is 17.3 Å². The molecule has 3 rings (SSSR count). The van der Waals surface area contributed by atoms with E-state index in [9.17, 15) is 9.18 Å². The van der Waals surface area contributed by atoms with Gasteiger partial charge in [-0.1, -0.05) is 0 Å². The van der Waals surface area contributed by atoms with Gasteiger partial charge < -0.3 is 4.74 Å². The Balaban J connectivity index is 2.27. The third kappa shape index (κ3) is 3.06. The Kier molecular flexibility index (Phi) is 4.44. The first-order valence-corrected chi connectivity index (χ1v) is 7.64. The second-order valence-corrected chi connectivity index (χ2v) is 5.47. The Morgan fingerprint density at radius 1 is 1.36 bits per heavy atom. The van der Waals surface area contributed by atoms with E-state index in [4.69, 9.17) is 10.00 Å². The first-order chi connectivity index (χ1) is 12.0. The third-order valence-corrected chi connectivity index (χ3v) is 3.86. The van der Waals surface area contributed by atoms with Gasteiger partial charge in [-0.05, 0) is 37.3 Å². The van der Waals surface area contributed by atoms with Crippen molar-refractivity contribution in [1.82, 2.24) is 14.8 Å². The number of esters is 1. The van der Waals surface area contributed by atoms with Gasteiger partial charge >= 0.3 is 5.97 Å². The lowest BCUT2D eigenvalue weighted by Crippen LogP contribution is -2.05. The van der Waals surface area contributed by atoms with Crippen LogP contribution in [0.3, 0.4) is 0 Å². The summed E-state index contributed by atoms with van der Waals surface area (Å²) in [7, 11) is 1.31. The fraction of sp³-hybridized carbons (Fsp3) is 0.222. The number of nitrogens with zero attached hydrogens (tertiary/aromatic N) is 4. The summed E-state index contributed by atoms with van der Waals surface area (Å²) >= 11 is 0. The van der Waals surface area contributed by atoms with Crippen molar-refractivity contribution in [2.75, 3.05) is 7.11 Å². The number of methoxy groups -OCH3 is 1. The number of rotatable bonds is 4. The highest BCUT2D eigenvalue weighted by Gasteiger charge is 2.20. The second-order valence-electron chi connectivity index (χ2n) is 5.47. The number of aryl methyl sites for hydroxylation is 2. The number of ether oxygens (including phenoxy) is 1. The highest BCUT2D eigenvalue weighted by atomic mass is 19.1. The number of carbonyl (C=O) groups is 1. The van der Waals surface area contributed by atoms with Gasteiger partial charge in [-0.2, -0.15) is 10.4 Å². The molecule has 1 aromatic carbocycles. The van der Waals surface area contributed by atoms with Crippen LogP contribution in [-0.4, -0.2) is 27.8 Å². The number of aromatic nitrogens is 3. The van der Waals surface area contributed by atoms with Gasteiger partial charge in [0.25, 0.3) is 0 Å². The average Bonchev–Trinajstić information content (AvgIpc) is 2.95. The molecule has 7 heteroatoms. The van der Waals surface area contributed by atoms with E-state index in [-0.39, 0.29) is 12.2 Å². The van der Waals surface area contributed by atoms with Gasteiger partial charge in [0.15, 0.2) is 5.65 Å². The second kappa shape index (κ2) is 6.69. The quantitative estimate of drug-likeness (QED) is 0.682. The highest BCUT2D eigenvalue weighted by Crippen LogP contribution is 2.28. The van der Waals surface area contributed by atoms with E-state index < -0.39 is 5.97 Å². The maximum Gasteiger partial charge on any atom is 0.338 e. The predicted molar refractivity (Wildman–Crippen MR) is 89.2 cm³/mol. The molecule has 0 spiro atoms. The Labute approximate surface area is 143 Å².